The van der Waals surface area contributed by atoms with Gasteiger partial charge in [0.05, 0.1) is 16.6 Å². The van der Waals surface area contributed by atoms with Crippen LogP contribution >= 0.6 is 0 Å². The number of rotatable bonds is 5. The maximum absolute atomic E-state index is 10.8. The smallest absolute Gasteiger partial charge is 0.269 e. The lowest BCUT2D eigenvalue weighted by molar-refractivity contribution is -0.385. The first-order valence-electron chi connectivity index (χ1n) is 7.18. The molecule has 0 saturated carbocycles. The molecule has 0 aromatic heterocycles. The molecular weight excluding hydrogens is 272 g/mol. The van der Waals surface area contributed by atoms with Crippen LogP contribution in [0.3, 0.4) is 0 Å². The average Bonchev–Trinajstić information content (AvgIpc) is 2.87. The molecule has 0 spiro atoms. The fourth-order valence-corrected chi connectivity index (χ4v) is 3.02. The molecule has 116 valence electrons. The van der Waals surface area contributed by atoms with Crippen molar-refractivity contribution in [1.82, 2.24) is 4.90 Å². The zero-order chi connectivity index (χ0) is 15.6. The molecule has 2 unspecified atom stereocenters. The molecule has 1 aromatic carbocycles. The lowest BCUT2D eigenvalue weighted by Crippen LogP contribution is -2.46. The summed E-state index contributed by atoms with van der Waals surface area (Å²) in [5, 5.41) is 31.3. The van der Waals surface area contributed by atoms with E-state index in [1.54, 1.807) is 26.0 Å². The van der Waals surface area contributed by atoms with Crippen LogP contribution in [-0.2, 0) is 0 Å². The predicted molar refractivity (Wildman–Crippen MR) is 78.9 cm³/mol. The summed E-state index contributed by atoms with van der Waals surface area (Å²) in [6.45, 7) is 4.74. The molecule has 1 aromatic rings. The zero-order valence-electron chi connectivity index (χ0n) is 12.4. The molecule has 2 atom stereocenters. The fourth-order valence-electron chi connectivity index (χ4n) is 3.02. The van der Waals surface area contributed by atoms with Crippen molar-refractivity contribution in [2.24, 2.45) is 0 Å². The number of nitro groups is 1. The highest BCUT2D eigenvalue weighted by atomic mass is 16.6. The lowest BCUT2D eigenvalue weighted by atomic mass is 9.96. The van der Waals surface area contributed by atoms with Gasteiger partial charge >= 0.3 is 0 Å². The Balaban J connectivity index is 2.09. The van der Waals surface area contributed by atoms with Crippen molar-refractivity contribution in [3.05, 3.63) is 39.9 Å². The number of nitrogens with zero attached hydrogens (tertiary/aromatic N) is 2. The van der Waals surface area contributed by atoms with Gasteiger partial charge in [-0.15, -0.1) is 0 Å². The zero-order valence-corrected chi connectivity index (χ0v) is 12.4. The first-order valence-corrected chi connectivity index (χ1v) is 7.18. The van der Waals surface area contributed by atoms with Gasteiger partial charge in [-0.1, -0.05) is 12.1 Å². The van der Waals surface area contributed by atoms with Crippen molar-refractivity contribution in [2.45, 2.75) is 44.4 Å². The summed E-state index contributed by atoms with van der Waals surface area (Å²) in [5.74, 6) is 0. The van der Waals surface area contributed by atoms with Crippen LogP contribution in [0.2, 0.25) is 0 Å². The van der Waals surface area contributed by atoms with Crippen LogP contribution in [0.15, 0.2) is 24.3 Å². The molecule has 21 heavy (non-hydrogen) atoms. The monoisotopic (exact) mass is 294 g/mol. The third kappa shape index (κ3) is 3.78. The van der Waals surface area contributed by atoms with Crippen molar-refractivity contribution in [3.8, 4) is 0 Å². The second-order valence-corrected chi connectivity index (χ2v) is 6.17. The summed E-state index contributed by atoms with van der Waals surface area (Å²) in [6.07, 6.45) is 1.08. The van der Waals surface area contributed by atoms with Crippen molar-refractivity contribution in [2.75, 3.05) is 13.1 Å². The summed E-state index contributed by atoms with van der Waals surface area (Å²) in [5.41, 5.74) is -0.309. The molecule has 0 bridgehead atoms. The highest BCUT2D eigenvalue weighted by Crippen LogP contribution is 2.29. The molecule has 2 N–H and O–H groups in total. The van der Waals surface area contributed by atoms with Gasteiger partial charge in [0.15, 0.2) is 0 Å². The Morgan fingerprint density at radius 3 is 2.86 bits per heavy atom. The largest absolute Gasteiger partial charge is 0.389 e. The fraction of sp³-hybridized carbons (Fsp3) is 0.600. The minimum atomic E-state index is -0.821. The molecule has 1 aliphatic heterocycles. The Kier molecular flexibility index (Phi) is 4.61. The van der Waals surface area contributed by atoms with Crippen molar-refractivity contribution < 1.29 is 15.1 Å². The molecular formula is C15H22N2O4. The summed E-state index contributed by atoms with van der Waals surface area (Å²) in [4.78, 5) is 12.4. The quantitative estimate of drug-likeness (QED) is 0.639. The third-order valence-corrected chi connectivity index (χ3v) is 4.05. The Labute approximate surface area is 124 Å². The molecule has 1 aliphatic rings. The Hall–Kier alpha value is -1.50. The summed E-state index contributed by atoms with van der Waals surface area (Å²) < 4.78 is 0. The molecule has 1 fully saturated rings. The Morgan fingerprint density at radius 1 is 1.52 bits per heavy atom. The van der Waals surface area contributed by atoms with E-state index in [9.17, 15) is 20.3 Å². The van der Waals surface area contributed by atoms with E-state index < -0.39 is 16.6 Å². The van der Waals surface area contributed by atoms with Crippen LogP contribution in [0, 0.1) is 10.1 Å². The van der Waals surface area contributed by atoms with Gasteiger partial charge in [-0.2, -0.15) is 0 Å². The standard InChI is InChI=1S/C15H22N2O4/c1-15(2,19)14-7-4-8-16(14)10-13(18)11-5-3-6-12(9-11)17(20)21/h3,5-6,9,13-14,18-19H,4,7-8,10H2,1-2H3. The average molecular weight is 294 g/mol. The number of β-amino-alcohol motifs (C(OH)–C–C–N with tert-alkyl or cyclic N) is 1. The number of likely N-dealkylation sites (tertiary alicyclic amines) is 1. The molecule has 6 nitrogen and oxygen atoms in total. The van der Waals surface area contributed by atoms with Crippen LogP contribution in [0.4, 0.5) is 5.69 Å². The minimum absolute atomic E-state index is 0.00541. The summed E-state index contributed by atoms with van der Waals surface area (Å²) in [6, 6.07) is 6.08. The number of aliphatic hydroxyl groups is 2. The van der Waals surface area contributed by atoms with Crippen LogP contribution in [0.5, 0.6) is 0 Å². The SMILES string of the molecule is CC(C)(O)C1CCCN1CC(O)c1cccc([N+](=O)[O-])c1. The van der Waals surface area contributed by atoms with Gasteiger partial charge in [-0.25, -0.2) is 0 Å². The van der Waals surface area contributed by atoms with E-state index in [2.05, 4.69) is 4.90 Å². The number of benzene rings is 1. The molecule has 1 saturated heterocycles. The van der Waals surface area contributed by atoms with E-state index in [-0.39, 0.29) is 11.7 Å². The van der Waals surface area contributed by atoms with E-state index in [4.69, 9.17) is 0 Å². The van der Waals surface area contributed by atoms with Gasteiger partial charge < -0.3 is 10.2 Å². The van der Waals surface area contributed by atoms with E-state index in [1.807, 2.05) is 0 Å². The van der Waals surface area contributed by atoms with Gasteiger partial charge in [0.1, 0.15) is 0 Å². The summed E-state index contributed by atoms with van der Waals surface area (Å²) in [7, 11) is 0. The Bertz CT molecular complexity index is 513. The molecule has 0 amide bonds. The van der Waals surface area contributed by atoms with E-state index in [0.717, 1.165) is 19.4 Å². The predicted octanol–water partition coefficient (Wildman–Crippen LogP) is 1.86. The van der Waals surface area contributed by atoms with Crippen LogP contribution in [0.1, 0.15) is 38.4 Å². The highest BCUT2D eigenvalue weighted by Gasteiger charge is 2.36. The molecule has 0 aliphatic carbocycles. The summed E-state index contributed by atoms with van der Waals surface area (Å²) >= 11 is 0. The van der Waals surface area contributed by atoms with Crippen LogP contribution in [0.25, 0.3) is 0 Å². The third-order valence-electron chi connectivity index (χ3n) is 4.05. The molecule has 2 rings (SSSR count). The maximum Gasteiger partial charge on any atom is 0.269 e. The normalized spacial score (nSPS) is 21.4. The number of hydrogen-bond acceptors (Lipinski definition) is 5. The minimum Gasteiger partial charge on any atom is -0.389 e. The maximum atomic E-state index is 10.8. The number of non-ortho nitro benzene ring substituents is 1. The van der Waals surface area contributed by atoms with Gasteiger partial charge in [-0.05, 0) is 38.8 Å². The topological polar surface area (TPSA) is 86.8 Å². The van der Waals surface area contributed by atoms with Gasteiger partial charge in [-0.3, -0.25) is 15.0 Å². The number of hydrogen-bond donors (Lipinski definition) is 2. The first-order chi connectivity index (χ1) is 9.79. The number of aliphatic hydroxyl groups excluding tert-OH is 1. The van der Waals surface area contributed by atoms with E-state index >= 15 is 0 Å². The number of nitro benzene ring substituents is 1. The second-order valence-electron chi connectivity index (χ2n) is 6.17. The molecule has 6 heteroatoms. The van der Waals surface area contributed by atoms with Crippen LogP contribution < -0.4 is 0 Å². The van der Waals surface area contributed by atoms with E-state index in [0.29, 0.717) is 12.1 Å². The van der Waals surface area contributed by atoms with Gasteiger partial charge in [0.2, 0.25) is 0 Å². The highest BCUT2D eigenvalue weighted by molar-refractivity contribution is 5.35. The molecule has 1 heterocycles. The first kappa shape index (κ1) is 15.9. The van der Waals surface area contributed by atoms with Crippen molar-refractivity contribution >= 4 is 5.69 Å². The van der Waals surface area contributed by atoms with Crippen molar-refractivity contribution in [3.63, 3.8) is 0 Å². The molecule has 0 radical (unpaired) electrons. The second kappa shape index (κ2) is 6.09. The van der Waals surface area contributed by atoms with Crippen LogP contribution in [-0.4, -0.2) is 44.8 Å². The van der Waals surface area contributed by atoms with Gasteiger partial charge in [0.25, 0.3) is 5.69 Å². The Morgan fingerprint density at radius 2 is 2.24 bits per heavy atom. The van der Waals surface area contributed by atoms with Crippen molar-refractivity contribution in [1.29, 1.82) is 0 Å². The lowest BCUT2D eigenvalue weighted by Gasteiger charge is -2.34. The van der Waals surface area contributed by atoms with Gasteiger partial charge in [0, 0.05) is 24.7 Å². The van der Waals surface area contributed by atoms with E-state index in [1.165, 1.54) is 12.1 Å².